The molecule has 0 fully saturated rings. The second-order valence-electron chi connectivity index (χ2n) is 5.51. The first-order chi connectivity index (χ1) is 9.60. The average Bonchev–Trinajstić information content (AvgIpc) is 2.43. The molecule has 1 nitrogen and oxygen atoms in total. The lowest BCUT2D eigenvalue weighted by atomic mass is 9.96. The van der Waals surface area contributed by atoms with Crippen molar-refractivity contribution in [2.75, 3.05) is 6.54 Å². The van der Waals surface area contributed by atoms with E-state index in [1.807, 2.05) is 6.08 Å². The first-order valence-electron chi connectivity index (χ1n) is 7.71. The number of aryl methyl sites for hydroxylation is 2. The quantitative estimate of drug-likeness (QED) is 0.440. The highest BCUT2D eigenvalue weighted by Gasteiger charge is 2.12. The summed E-state index contributed by atoms with van der Waals surface area (Å²) < 4.78 is 1.24. The lowest BCUT2D eigenvalue weighted by Gasteiger charge is -2.20. The molecule has 0 saturated carbocycles. The molecule has 1 unspecified atom stereocenters. The fraction of sp³-hybridized carbons (Fsp3) is 0.556. The Hall–Kier alpha value is -0.600. The van der Waals surface area contributed by atoms with Crippen LogP contribution in [-0.4, -0.2) is 6.54 Å². The van der Waals surface area contributed by atoms with Crippen molar-refractivity contribution in [2.24, 2.45) is 0 Å². The van der Waals surface area contributed by atoms with Crippen LogP contribution in [0.4, 0.5) is 0 Å². The molecular weight excluding hydrogens is 310 g/mol. The SMILES string of the molecule is C=CCCCCCC(NCC)c1cc(C)c(Br)c(C)c1. The number of nitrogens with one attached hydrogen (secondary N) is 1. The predicted molar refractivity (Wildman–Crippen MR) is 93.3 cm³/mol. The van der Waals surface area contributed by atoms with Gasteiger partial charge in [0.2, 0.25) is 0 Å². The molecule has 0 aliphatic heterocycles. The van der Waals surface area contributed by atoms with Gasteiger partial charge in [0.25, 0.3) is 0 Å². The molecule has 0 aliphatic carbocycles. The smallest absolute Gasteiger partial charge is 0.0320 e. The van der Waals surface area contributed by atoms with Crippen molar-refractivity contribution < 1.29 is 0 Å². The standard InChI is InChI=1S/C18H28BrN/c1-5-7-8-9-10-11-17(20-6-2)16-12-14(3)18(19)15(4)13-16/h5,12-13,17,20H,1,6-11H2,2-4H3. The Bertz CT molecular complexity index is 402. The van der Waals surface area contributed by atoms with Crippen LogP contribution < -0.4 is 5.32 Å². The van der Waals surface area contributed by atoms with Gasteiger partial charge in [-0.25, -0.2) is 0 Å². The molecule has 0 aromatic heterocycles. The molecule has 1 aromatic carbocycles. The van der Waals surface area contributed by atoms with Crippen LogP contribution >= 0.6 is 15.9 Å². The Balaban J connectivity index is 2.67. The first-order valence-corrected chi connectivity index (χ1v) is 8.50. The lowest BCUT2D eigenvalue weighted by molar-refractivity contribution is 0.483. The zero-order valence-corrected chi connectivity index (χ0v) is 14.7. The number of rotatable bonds is 9. The molecule has 2 heteroatoms. The number of benzene rings is 1. The van der Waals surface area contributed by atoms with Gasteiger partial charge >= 0.3 is 0 Å². The normalized spacial score (nSPS) is 12.4. The lowest BCUT2D eigenvalue weighted by Crippen LogP contribution is -2.21. The summed E-state index contributed by atoms with van der Waals surface area (Å²) in [6.07, 6.45) is 8.21. The molecule has 1 rings (SSSR count). The highest BCUT2D eigenvalue weighted by molar-refractivity contribution is 9.10. The summed E-state index contributed by atoms with van der Waals surface area (Å²) in [6.45, 7) is 11.3. The molecule has 1 atom stereocenters. The highest BCUT2D eigenvalue weighted by atomic mass is 79.9. The maximum atomic E-state index is 3.78. The second-order valence-corrected chi connectivity index (χ2v) is 6.30. The van der Waals surface area contributed by atoms with Crippen molar-refractivity contribution >= 4 is 15.9 Å². The van der Waals surface area contributed by atoms with E-state index in [2.05, 4.69) is 60.7 Å². The number of hydrogen-bond acceptors (Lipinski definition) is 1. The number of unbranched alkanes of at least 4 members (excludes halogenated alkanes) is 3. The minimum absolute atomic E-state index is 0.481. The average molecular weight is 338 g/mol. The van der Waals surface area contributed by atoms with E-state index in [-0.39, 0.29) is 0 Å². The summed E-state index contributed by atoms with van der Waals surface area (Å²) in [5.74, 6) is 0. The number of hydrogen-bond donors (Lipinski definition) is 1. The molecular formula is C18H28BrN. The van der Waals surface area contributed by atoms with Crippen LogP contribution in [0.1, 0.15) is 61.8 Å². The van der Waals surface area contributed by atoms with Crippen LogP contribution in [0.15, 0.2) is 29.3 Å². The zero-order valence-electron chi connectivity index (χ0n) is 13.1. The fourth-order valence-electron chi connectivity index (χ4n) is 2.63. The molecule has 0 radical (unpaired) electrons. The van der Waals surface area contributed by atoms with Gasteiger partial charge in [-0.15, -0.1) is 6.58 Å². The molecule has 0 heterocycles. The Morgan fingerprint density at radius 2 is 1.85 bits per heavy atom. The summed E-state index contributed by atoms with van der Waals surface area (Å²) in [5, 5.41) is 3.63. The summed E-state index contributed by atoms with van der Waals surface area (Å²) in [4.78, 5) is 0. The Labute approximate surface area is 133 Å². The van der Waals surface area contributed by atoms with Gasteiger partial charge in [0.15, 0.2) is 0 Å². The van der Waals surface area contributed by atoms with Crippen molar-refractivity contribution in [3.8, 4) is 0 Å². The molecule has 0 amide bonds. The monoisotopic (exact) mass is 337 g/mol. The van der Waals surface area contributed by atoms with E-state index in [0.717, 1.165) is 13.0 Å². The minimum atomic E-state index is 0.481. The van der Waals surface area contributed by atoms with Crippen LogP contribution in [0, 0.1) is 13.8 Å². The van der Waals surface area contributed by atoms with E-state index in [1.165, 1.54) is 46.8 Å². The van der Waals surface area contributed by atoms with Crippen molar-refractivity contribution in [3.05, 3.63) is 46.0 Å². The Morgan fingerprint density at radius 3 is 2.40 bits per heavy atom. The molecule has 0 spiro atoms. The molecule has 1 N–H and O–H groups in total. The summed E-state index contributed by atoms with van der Waals surface area (Å²) in [7, 11) is 0. The van der Waals surface area contributed by atoms with Crippen LogP contribution in [0.2, 0.25) is 0 Å². The van der Waals surface area contributed by atoms with Gasteiger partial charge in [0, 0.05) is 10.5 Å². The largest absolute Gasteiger partial charge is 0.310 e. The maximum Gasteiger partial charge on any atom is 0.0320 e. The van der Waals surface area contributed by atoms with Crippen molar-refractivity contribution in [3.63, 3.8) is 0 Å². The molecule has 1 aromatic rings. The van der Waals surface area contributed by atoms with E-state index in [9.17, 15) is 0 Å². The summed E-state index contributed by atoms with van der Waals surface area (Å²) >= 11 is 3.65. The third kappa shape index (κ3) is 5.41. The van der Waals surface area contributed by atoms with E-state index >= 15 is 0 Å². The van der Waals surface area contributed by atoms with Crippen molar-refractivity contribution in [1.29, 1.82) is 0 Å². The predicted octanol–water partition coefficient (Wildman–Crippen LogP) is 5.85. The van der Waals surface area contributed by atoms with Gasteiger partial charge in [0.05, 0.1) is 0 Å². The Morgan fingerprint density at radius 1 is 1.20 bits per heavy atom. The summed E-state index contributed by atoms with van der Waals surface area (Å²) in [6, 6.07) is 5.11. The van der Waals surface area contributed by atoms with E-state index in [0.29, 0.717) is 6.04 Å². The summed E-state index contributed by atoms with van der Waals surface area (Å²) in [5.41, 5.74) is 4.08. The molecule has 112 valence electrons. The van der Waals surface area contributed by atoms with Crippen LogP contribution in [0.25, 0.3) is 0 Å². The highest BCUT2D eigenvalue weighted by Crippen LogP contribution is 2.28. The van der Waals surface area contributed by atoms with Crippen LogP contribution in [-0.2, 0) is 0 Å². The maximum absolute atomic E-state index is 3.78. The van der Waals surface area contributed by atoms with Crippen molar-refractivity contribution in [1.82, 2.24) is 5.32 Å². The van der Waals surface area contributed by atoms with E-state index in [4.69, 9.17) is 0 Å². The molecule has 0 bridgehead atoms. The second kappa shape index (κ2) is 9.36. The van der Waals surface area contributed by atoms with Gasteiger partial charge in [-0.1, -0.05) is 53.9 Å². The third-order valence-corrected chi connectivity index (χ3v) is 4.96. The number of allylic oxidation sites excluding steroid dienone is 1. The number of halogens is 1. The van der Waals surface area contributed by atoms with E-state index in [1.54, 1.807) is 0 Å². The molecule has 0 saturated heterocycles. The van der Waals surface area contributed by atoms with E-state index < -0.39 is 0 Å². The molecule has 20 heavy (non-hydrogen) atoms. The van der Waals surface area contributed by atoms with Gasteiger partial charge in [-0.3, -0.25) is 0 Å². The van der Waals surface area contributed by atoms with Crippen LogP contribution in [0.3, 0.4) is 0 Å². The Kier molecular flexibility index (Phi) is 8.16. The zero-order chi connectivity index (χ0) is 15.0. The topological polar surface area (TPSA) is 12.0 Å². The van der Waals surface area contributed by atoms with Gasteiger partial charge in [0.1, 0.15) is 0 Å². The molecule has 0 aliphatic rings. The third-order valence-electron chi connectivity index (χ3n) is 3.71. The fourth-order valence-corrected chi connectivity index (χ4v) is 2.86. The van der Waals surface area contributed by atoms with Crippen LogP contribution in [0.5, 0.6) is 0 Å². The minimum Gasteiger partial charge on any atom is -0.310 e. The van der Waals surface area contributed by atoms with Crippen molar-refractivity contribution in [2.45, 2.75) is 58.9 Å². The van der Waals surface area contributed by atoms with Gasteiger partial charge in [-0.2, -0.15) is 0 Å². The first kappa shape index (κ1) is 17.5. The van der Waals surface area contributed by atoms with Gasteiger partial charge < -0.3 is 5.32 Å². The van der Waals surface area contributed by atoms with Gasteiger partial charge in [-0.05, 0) is 56.3 Å².